The summed E-state index contributed by atoms with van der Waals surface area (Å²) in [5.41, 5.74) is 2.27. The highest BCUT2D eigenvalue weighted by Crippen LogP contribution is 2.18. The van der Waals surface area contributed by atoms with E-state index in [1.165, 1.54) is 5.56 Å². The van der Waals surface area contributed by atoms with Crippen molar-refractivity contribution >= 4 is 0 Å². The number of hydrogen-bond acceptors (Lipinski definition) is 4. The van der Waals surface area contributed by atoms with Crippen molar-refractivity contribution in [3.8, 4) is 5.75 Å². The van der Waals surface area contributed by atoms with Crippen molar-refractivity contribution in [2.24, 2.45) is 5.92 Å². The average Bonchev–Trinajstić information content (AvgIpc) is 2.42. The summed E-state index contributed by atoms with van der Waals surface area (Å²) in [4.78, 5) is 0. The maximum atomic E-state index is 9.97. The quantitative estimate of drug-likeness (QED) is 0.652. The molecule has 0 aromatic heterocycles. The van der Waals surface area contributed by atoms with E-state index in [0.29, 0.717) is 12.5 Å². The molecular formula is C17H29NO3. The molecule has 21 heavy (non-hydrogen) atoms. The Morgan fingerprint density at radius 3 is 2.52 bits per heavy atom. The number of aryl methyl sites for hydroxylation is 2. The Hall–Kier alpha value is -1.10. The van der Waals surface area contributed by atoms with E-state index in [0.717, 1.165) is 17.7 Å². The molecule has 2 unspecified atom stereocenters. The van der Waals surface area contributed by atoms with Gasteiger partial charge in [0, 0.05) is 12.6 Å². The molecule has 1 aromatic carbocycles. The second-order valence-corrected chi connectivity index (χ2v) is 6.15. The summed E-state index contributed by atoms with van der Waals surface area (Å²) in [7, 11) is 0. The van der Waals surface area contributed by atoms with Gasteiger partial charge in [0.15, 0.2) is 0 Å². The molecule has 0 radical (unpaired) electrons. The summed E-state index contributed by atoms with van der Waals surface area (Å²) in [5, 5.41) is 22.4. The zero-order valence-electron chi connectivity index (χ0n) is 13.6. The lowest BCUT2D eigenvalue weighted by Crippen LogP contribution is -2.40. The smallest absolute Gasteiger partial charge is 0.122 e. The predicted octanol–water partition coefficient (Wildman–Crippen LogP) is 2.04. The largest absolute Gasteiger partial charge is 0.491 e. The van der Waals surface area contributed by atoms with Crippen molar-refractivity contribution in [3.63, 3.8) is 0 Å². The second-order valence-electron chi connectivity index (χ2n) is 6.15. The van der Waals surface area contributed by atoms with Crippen LogP contribution in [0.25, 0.3) is 0 Å². The fourth-order valence-electron chi connectivity index (χ4n) is 2.30. The molecule has 0 saturated carbocycles. The maximum absolute atomic E-state index is 9.97. The van der Waals surface area contributed by atoms with Crippen LogP contribution in [0.15, 0.2) is 18.2 Å². The van der Waals surface area contributed by atoms with Crippen molar-refractivity contribution in [2.45, 2.75) is 46.3 Å². The van der Waals surface area contributed by atoms with Crippen LogP contribution < -0.4 is 10.1 Å². The second kappa shape index (κ2) is 9.03. The fourth-order valence-corrected chi connectivity index (χ4v) is 2.30. The van der Waals surface area contributed by atoms with Gasteiger partial charge >= 0.3 is 0 Å². The molecule has 0 bridgehead atoms. The number of ether oxygens (including phenoxy) is 1. The fraction of sp³-hybridized carbons (Fsp3) is 0.647. The van der Waals surface area contributed by atoms with Crippen molar-refractivity contribution in [1.29, 1.82) is 0 Å². The van der Waals surface area contributed by atoms with Crippen LogP contribution in [0.5, 0.6) is 5.75 Å². The number of rotatable bonds is 9. The third-order valence-corrected chi connectivity index (χ3v) is 3.38. The summed E-state index contributed by atoms with van der Waals surface area (Å²) < 4.78 is 5.65. The molecule has 1 aromatic rings. The lowest BCUT2D eigenvalue weighted by Gasteiger charge is -2.21. The highest BCUT2D eigenvalue weighted by molar-refractivity contribution is 5.35. The molecule has 4 heteroatoms. The monoisotopic (exact) mass is 295 g/mol. The maximum Gasteiger partial charge on any atom is 0.122 e. The highest BCUT2D eigenvalue weighted by Gasteiger charge is 2.12. The third kappa shape index (κ3) is 6.93. The van der Waals surface area contributed by atoms with Gasteiger partial charge in [0.05, 0.1) is 6.61 Å². The topological polar surface area (TPSA) is 61.7 Å². The first-order chi connectivity index (χ1) is 9.92. The molecule has 120 valence electrons. The van der Waals surface area contributed by atoms with Crippen molar-refractivity contribution in [1.82, 2.24) is 5.32 Å². The Bertz CT molecular complexity index is 420. The van der Waals surface area contributed by atoms with E-state index in [2.05, 4.69) is 25.2 Å². The van der Waals surface area contributed by atoms with E-state index < -0.39 is 6.10 Å². The molecule has 0 amide bonds. The average molecular weight is 295 g/mol. The number of benzene rings is 1. The van der Waals surface area contributed by atoms with Crippen molar-refractivity contribution < 1.29 is 14.9 Å². The molecule has 1 rings (SSSR count). The lowest BCUT2D eigenvalue weighted by atomic mass is 10.0. The Balaban J connectivity index is 2.34. The van der Waals surface area contributed by atoms with E-state index in [-0.39, 0.29) is 19.3 Å². The minimum Gasteiger partial charge on any atom is -0.491 e. The van der Waals surface area contributed by atoms with Crippen LogP contribution in [0.4, 0.5) is 0 Å². The van der Waals surface area contributed by atoms with Gasteiger partial charge in [-0.15, -0.1) is 0 Å². The van der Waals surface area contributed by atoms with Gasteiger partial charge in [0.2, 0.25) is 0 Å². The third-order valence-electron chi connectivity index (χ3n) is 3.38. The van der Waals surface area contributed by atoms with Crippen LogP contribution in [-0.4, -0.2) is 42.1 Å². The molecule has 0 fully saturated rings. The van der Waals surface area contributed by atoms with E-state index in [1.807, 2.05) is 26.0 Å². The SMILES string of the molecule is Cc1ccc(OCC(O)CNC(CO)CC(C)C)c(C)c1. The first-order valence-electron chi connectivity index (χ1n) is 7.64. The first-order valence-corrected chi connectivity index (χ1v) is 7.64. The van der Waals surface area contributed by atoms with E-state index in [9.17, 15) is 10.2 Å². The Morgan fingerprint density at radius 1 is 1.24 bits per heavy atom. The minimum absolute atomic E-state index is 0.0285. The summed E-state index contributed by atoms with van der Waals surface area (Å²) in [6.45, 7) is 9.02. The van der Waals surface area contributed by atoms with Gasteiger partial charge in [-0.3, -0.25) is 0 Å². The van der Waals surface area contributed by atoms with Crippen LogP contribution in [0.2, 0.25) is 0 Å². The number of aliphatic hydroxyl groups excluding tert-OH is 2. The number of hydrogen-bond donors (Lipinski definition) is 3. The van der Waals surface area contributed by atoms with Crippen LogP contribution in [0.3, 0.4) is 0 Å². The standard InChI is InChI=1S/C17H29NO3/c1-12(2)7-15(10-19)18-9-16(20)11-21-17-6-5-13(3)8-14(17)4/h5-6,8,12,15-16,18-20H,7,9-11H2,1-4H3. The van der Waals surface area contributed by atoms with Crippen LogP contribution in [-0.2, 0) is 0 Å². The molecule has 0 heterocycles. The Labute approximate surface area is 128 Å². The number of aliphatic hydroxyl groups is 2. The van der Waals surface area contributed by atoms with Gasteiger partial charge in [0.25, 0.3) is 0 Å². The van der Waals surface area contributed by atoms with Crippen molar-refractivity contribution in [3.05, 3.63) is 29.3 Å². The van der Waals surface area contributed by atoms with E-state index in [4.69, 9.17) is 4.74 Å². The van der Waals surface area contributed by atoms with Crippen molar-refractivity contribution in [2.75, 3.05) is 19.8 Å². The minimum atomic E-state index is -0.591. The van der Waals surface area contributed by atoms with Gasteiger partial charge in [-0.1, -0.05) is 31.5 Å². The molecule has 4 nitrogen and oxygen atoms in total. The van der Waals surface area contributed by atoms with E-state index in [1.54, 1.807) is 0 Å². The summed E-state index contributed by atoms with van der Waals surface area (Å²) in [6.07, 6.45) is 0.299. The van der Waals surface area contributed by atoms with Crippen LogP contribution in [0.1, 0.15) is 31.4 Å². The lowest BCUT2D eigenvalue weighted by molar-refractivity contribution is 0.0978. The number of nitrogens with one attached hydrogen (secondary N) is 1. The molecule has 2 atom stereocenters. The molecule has 0 aliphatic rings. The van der Waals surface area contributed by atoms with Gasteiger partial charge in [0.1, 0.15) is 18.5 Å². The van der Waals surface area contributed by atoms with Gasteiger partial charge in [-0.2, -0.15) is 0 Å². The summed E-state index contributed by atoms with van der Waals surface area (Å²) in [6, 6.07) is 6.02. The summed E-state index contributed by atoms with van der Waals surface area (Å²) >= 11 is 0. The molecule has 0 spiro atoms. The van der Waals surface area contributed by atoms with E-state index >= 15 is 0 Å². The Kier molecular flexibility index (Phi) is 7.72. The van der Waals surface area contributed by atoms with Gasteiger partial charge < -0.3 is 20.3 Å². The zero-order valence-corrected chi connectivity index (χ0v) is 13.6. The molecular weight excluding hydrogens is 266 g/mol. The normalized spacial score (nSPS) is 14.2. The predicted molar refractivity (Wildman–Crippen MR) is 85.7 cm³/mol. The van der Waals surface area contributed by atoms with Gasteiger partial charge in [-0.05, 0) is 37.8 Å². The molecule has 0 aliphatic heterocycles. The van der Waals surface area contributed by atoms with Crippen LogP contribution in [0, 0.1) is 19.8 Å². The molecule has 3 N–H and O–H groups in total. The van der Waals surface area contributed by atoms with Gasteiger partial charge in [-0.25, -0.2) is 0 Å². The highest BCUT2D eigenvalue weighted by atomic mass is 16.5. The summed E-state index contributed by atoms with van der Waals surface area (Å²) in [5.74, 6) is 1.32. The molecule has 0 aliphatic carbocycles. The van der Waals surface area contributed by atoms with Crippen LogP contribution >= 0.6 is 0 Å². The first kappa shape index (κ1) is 18.0. The molecule has 0 saturated heterocycles. The zero-order chi connectivity index (χ0) is 15.8. The Morgan fingerprint density at radius 2 is 1.95 bits per heavy atom.